The molecule has 0 aliphatic rings. The zero-order chi connectivity index (χ0) is 21.3. The van der Waals surface area contributed by atoms with Gasteiger partial charge in [-0.2, -0.15) is 0 Å². The molecular weight excluding hydrogens is 381 g/mol. The zero-order valence-electron chi connectivity index (χ0n) is 16.8. The van der Waals surface area contributed by atoms with Gasteiger partial charge in [0.1, 0.15) is 18.2 Å². The Hall–Kier alpha value is -3.80. The van der Waals surface area contributed by atoms with E-state index in [1.807, 2.05) is 50.3 Å². The van der Waals surface area contributed by atoms with E-state index in [9.17, 15) is 9.18 Å². The summed E-state index contributed by atoms with van der Waals surface area (Å²) in [6, 6.07) is 10.3. The highest BCUT2D eigenvalue weighted by molar-refractivity contribution is 6.06. The van der Waals surface area contributed by atoms with Crippen molar-refractivity contribution in [3.63, 3.8) is 0 Å². The lowest BCUT2D eigenvalue weighted by Crippen LogP contribution is -2.14. The number of allylic oxidation sites excluding steroid dienone is 3. The second-order valence-corrected chi connectivity index (χ2v) is 6.62. The van der Waals surface area contributed by atoms with E-state index in [1.165, 1.54) is 12.3 Å². The van der Waals surface area contributed by atoms with E-state index in [0.29, 0.717) is 17.9 Å². The summed E-state index contributed by atoms with van der Waals surface area (Å²) in [7, 11) is 0. The number of ether oxygens (including phenoxy) is 1. The van der Waals surface area contributed by atoms with Crippen LogP contribution in [0.1, 0.15) is 24.2 Å². The standard InChI is InChI=1S/C24H22FN3O2/c1-3-4-5-17(2)16-30-23-7-6-19(18-8-10-26-11-9-18)12-22(23)24(29)28-21-13-20(25)14-27-15-21/h3-15H,16H2,1-2H3,(H,28,29). The molecule has 1 amide bonds. The summed E-state index contributed by atoms with van der Waals surface area (Å²) in [5.74, 6) is -0.508. The summed E-state index contributed by atoms with van der Waals surface area (Å²) in [5, 5.41) is 2.68. The van der Waals surface area contributed by atoms with Crippen molar-refractivity contribution < 1.29 is 13.9 Å². The van der Waals surface area contributed by atoms with Gasteiger partial charge in [0.2, 0.25) is 0 Å². The topological polar surface area (TPSA) is 64.1 Å². The van der Waals surface area contributed by atoms with Crippen LogP contribution >= 0.6 is 0 Å². The van der Waals surface area contributed by atoms with Crippen LogP contribution in [-0.2, 0) is 0 Å². The van der Waals surface area contributed by atoms with E-state index >= 15 is 0 Å². The number of pyridine rings is 2. The van der Waals surface area contributed by atoms with Gasteiger partial charge in [0.25, 0.3) is 5.91 Å². The molecule has 1 N–H and O–H groups in total. The van der Waals surface area contributed by atoms with Crippen molar-refractivity contribution in [1.29, 1.82) is 0 Å². The van der Waals surface area contributed by atoms with Crippen LogP contribution < -0.4 is 10.1 Å². The van der Waals surface area contributed by atoms with Crippen LogP contribution in [-0.4, -0.2) is 22.5 Å². The van der Waals surface area contributed by atoms with Crippen molar-refractivity contribution in [2.24, 2.45) is 0 Å². The zero-order valence-corrected chi connectivity index (χ0v) is 16.8. The fraction of sp³-hybridized carbons (Fsp3) is 0.125. The molecule has 0 aliphatic heterocycles. The second-order valence-electron chi connectivity index (χ2n) is 6.62. The molecule has 0 radical (unpaired) electrons. The number of nitrogens with one attached hydrogen (secondary N) is 1. The molecule has 1 aromatic carbocycles. The first-order chi connectivity index (χ1) is 14.6. The lowest BCUT2D eigenvalue weighted by Gasteiger charge is -2.14. The van der Waals surface area contributed by atoms with Crippen molar-refractivity contribution >= 4 is 11.6 Å². The molecule has 152 valence electrons. The van der Waals surface area contributed by atoms with Crippen molar-refractivity contribution in [3.05, 3.63) is 96.4 Å². The third kappa shape index (κ3) is 5.61. The van der Waals surface area contributed by atoms with Crippen LogP contribution in [0.25, 0.3) is 11.1 Å². The molecule has 0 bridgehead atoms. The SMILES string of the molecule is CC=CC=C(C)COc1ccc(-c2ccncc2)cc1C(=O)Nc1cncc(F)c1. The minimum Gasteiger partial charge on any atom is -0.488 e. The molecule has 0 spiro atoms. The summed E-state index contributed by atoms with van der Waals surface area (Å²) < 4.78 is 19.3. The minimum absolute atomic E-state index is 0.268. The van der Waals surface area contributed by atoms with Gasteiger partial charge in [-0.3, -0.25) is 14.8 Å². The van der Waals surface area contributed by atoms with Crippen LogP contribution in [0, 0.1) is 5.82 Å². The van der Waals surface area contributed by atoms with Crippen LogP contribution in [0.3, 0.4) is 0 Å². The quantitative estimate of drug-likeness (QED) is 0.534. The van der Waals surface area contributed by atoms with Crippen LogP contribution in [0.15, 0.2) is 85.0 Å². The van der Waals surface area contributed by atoms with Crippen LogP contribution in [0.4, 0.5) is 10.1 Å². The predicted molar refractivity (Wildman–Crippen MR) is 116 cm³/mol. The van der Waals surface area contributed by atoms with Crippen molar-refractivity contribution in [2.75, 3.05) is 11.9 Å². The molecule has 6 heteroatoms. The van der Waals surface area contributed by atoms with Gasteiger partial charge >= 0.3 is 0 Å². The second kappa shape index (κ2) is 10.1. The van der Waals surface area contributed by atoms with Crippen LogP contribution in [0.2, 0.25) is 0 Å². The number of aromatic nitrogens is 2. The summed E-state index contributed by atoms with van der Waals surface area (Å²) in [4.78, 5) is 20.8. The molecule has 30 heavy (non-hydrogen) atoms. The Morgan fingerprint density at radius 2 is 1.90 bits per heavy atom. The number of rotatable bonds is 7. The molecule has 0 unspecified atom stereocenters. The molecule has 3 rings (SSSR count). The molecule has 0 saturated heterocycles. The van der Waals surface area contributed by atoms with Gasteiger partial charge in [0, 0.05) is 18.5 Å². The average Bonchev–Trinajstić information content (AvgIpc) is 2.76. The van der Waals surface area contributed by atoms with E-state index < -0.39 is 11.7 Å². The molecule has 3 aromatic rings. The van der Waals surface area contributed by atoms with Crippen LogP contribution in [0.5, 0.6) is 5.75 Å². The van der Waals surface area contributed by atoms with Crippen molar-refractivity contribution in [3.8, 4) is 16.9 Å². The molecular formula is C24H22FN3O2. The molecule has 0 fully saturated rings. The van der Waals surface area contributed by atoms with Crippen molar-refractivity contribution in [2.45, 2.75) is 13.8 Å². The molecule has 5 nitrogen and oxygen atoms in total. The van der Waals surface area contributed by atoms with Gasteiger partial charge in [-0.15, -0.1) is 0 Å². The maximum absolute atomic E-state index is 13.4. The fourth-order valence-electron chi connectivity index (χ4n) is 2.74. The molecule has 2 aromatic heterocycles. The molecule has 2 heterocycles. The Balaban J connectivity index is 1.92. The van der Waals surface area contributed by atoms with E-state index in [4.69, 9.17) is 4.74 Å². The summed E-state index contributed by atoms with van der Waals surface area (Å²) in [6.45, 7) is 4.22. The monoisotopic (exact) mass is 403 g/mol. The summed E-state index contributed by atoms with van der Waals surface area (Å²) >= 11 is 0. The van der Waals surface area contributed by atoms with Crippen molar-refractivity contribution in [1.82, 2.24) is 9.97 Å². The highest BCUT2D eigenvalue weighted by Crippen LogP contribution is 2.28. The first-order valence-electron chi connectivity index (χ1n) is 9.44. The van der Waals surface area contributed by atoms with Gasteiger partial charge in [-0.05, 0) is 54.8 Å². The van der Waals surface area contributed by atoms with Gasteiger partial charge < -0.3 is 10.1 Å². The Bertz CT molecular complexity index is 1080. The lowest BCUT2D eigenvalue weighted by atomic mass is 10.0. The van der Waals surface area contributed by atoms with E-state index in [0.717, 1.165) is 22.9 Å². The van der Waals surface area contributed by atoms with Gasteiger partial charge in [-0.25, -0.2) is 4.39 Å². The van der Waals surface area contributed by atoms with E-state index in [-0.39, 0.29) is 5.69 Å². The van der Waals surface area contributed by atoms with Gasteiger partial charge in [0.15, 0.2) is 0 Å². The third-order valence-electron chi connectivity index (χ3n) is 4.23. The Kier molecular flexibility index (Phi) is 7.05. The van der Waals surface area contributed by atoms with Gasteiger partial charge in [-0.1, -0.05) is 24.3 Å². The first kappa shape index (κ1) is 20.9. The van der Waals surface area contributed by atoms with E-state index in [2.05, 4.69) is 15.3 Å². The minimum atomic E-state index is -0.528. The Morgan fingerprint density at radius 3 is 2.63 bits per heavy atom. The third-order valence-corrected chi connectivity index (χ3v) is 4.23. The predicted octanol–water partition coefficient (Wildman–Crippen LogP) is 5.44. The number of amides is 1. The summed E-state index contributed by atoms with van der Waals surface area (Å²) in [5.41, 5.74) is 3.37. The maximum Gasteiger partial charge on any atom is 0.259 e. The highest BCUT2D eigenvalue weighted by atomic mass is 19.1. The Morgan fingerprint density at radius 1 is 1.10 bits per heavy atom. The number of carbonyl (C=O) groups excluding carboxylic acids is 1. The molecule has 0 atom stereocenters. The first-order valence-corrected chi connectivity index (χ1v) is 9.44. The lowest BCUT2D eigenvalue weighted by molar-refractivity contribution is 0.102. The number of carbonyl (C=O) groups is 1. The number of anilines is 1. The number of nitrogens with zero attached hydrogens (tertiary/aromatic N) is 2. The normalized spacial score (nSPS) is 11.5. The number of benzene rings is 1. The highest BCUT2D eigenvalue weighted by Gasteiger charge is 2.15. The molecule has 0 aliphatic carbocycles. The Labute approximate surface area is 175 Å². The van der Waals surface area contributed by atoms with E-state index in [1.54, 1.807) is 24.5 Å². The number of hydrogen-bond donors (Lipinski definition) is 1. The average molecular weight is 403 g/mol. The molecule has 0 saturated carbocycles. The number of hydrogen-bond acceptors (Lipinski definition) is 4. The number of halogens is 1. The smallest absolute Gasteiger partial charge is 0.259 e. The maximum atomic E-state index is 13.4. The van der Waals surface area contributed by atoms with Gasteiger partial charge in [0.05, 0.1) is 23.6 Å². The largest absolute Gasteiger partial charge is 0.488 e. The fourth-order valence-corrected chi connectivity index (χ4v) is 2.74. The summed E-state index contributed by atoms with van der Waals surface area (Å²) in [6.07, 6.45) is 11.6.